The van der Waals surface area contributed by atoms with Crippen molar-refractivity contribution in [1.29, 1.82) is 0 Å². The normalized spacial score (nSPS) is 22.5. The van der Waals surface area contributed by atoms with Crippen LogP contribution in [0.4, 0.5) is 0 Å². The minimum atomic E-state index is -0.608. The van der Waals surface area contributed by atoms with Gasteiger partial charge in [-0.1, -0.05) is 20.8 Å². The van der Waals surface area contributed by atoms with E-state index >= 15 is 0 Å². The van der Waals surface area contributed by atoms with Crippen LogP contribution in [0, 0.1) is 0 Å². The molecule has 1 saturated heterocycles. The predicted octanol–water partition coefficient (Wildman–Crippen LogP) is 1.33. The van der Waals surface area contributed by atoms with Crippen LogP contribution in [0.1, 0.15) is 41.0 Å². The lowest BCUT2D eigenvalue weighted by Crippen LogP contribution is -2.57. The third kappa shape index (κ3) is 4.94. The molecular weight excluding hydrogens is 266 g/mol. The molecule has 124 valence electrons. The minimum Gasteiger partial charge on any atom is -0.465 e. The number of carbonyl (C=O) groups excluding carboxylic acids is 1. The molecule has 0 bridgehead atoms. The van der Waals surface area contributed by atoms with Crippen LogP contribution in [0.25, 0.3) is 0 Å². The number of hydrogen-bond acceptors (Lipinski definition) is 5. The van der Waals surface area contributed by atoms with Crippen LogP contribution in [0.2, 0.25) is 0 Å². The molecule has 0 amide bonds. The average Bonchev–Trinajstić information content (AvgIpc) is 2.89. The Hall–Kier alpha value is -0.650. The summed E-state index contributed by atoms with van der Waals surface area (Å²) in [5.41, 5.74) is -0.608. The SMILES string of the molecule is CCNC(C)(CN1CCC(N(CC)CC)C1)C(=O)OCC. The minimum absolute atomic E-state index is 0.141. The number of nitrogens with zero attached hydrogens (tertiary/aromatic N) is 2. The Balaban J connectivity index is 2.62. The number of esters is 1. The first kappa shape index (κ1) is 18.4. The molecular formula is C16H33N3O2. The van der Waals surface area contributed by atoms with E-state index in [2.05, 4.69) is 29.0 Å². The van der Waals surface area contributed by atoms with Gasteiger partial charge in [0.25, 0.3) is 0 Å². The lowest BCUT2D eigenvalue weighted by molar-refractivity contribution is -0.151. The molecule has 0 spiro atoms. The van der Waals surface area contributed by atoms with Crippen molar-refractivity contribution in [1.82, 2.24) is 15.1 Å². The van der Waals surface area contributed by atoms with Crippen molar-refractivity contribution in [3.05, 3.63) is 0 Å². The number of carbonyl (C=O) groups is 1. The molecule has 1 heterocycles. The van der Waals surface area contributed by atoms with Gasteiger partial charge in [-0.15, -0.1) is 0 Å². The molecule has 0 aliphatic carbocycles. The topological polar surface area (TPSA) is 44.8 Å². The van der Waals surface area contributed by atoms with Gasteiger partial charge in [0.1, 0.15) is 5.54 Å². The van der Waals surface area contributed by atoms with Crippen molar-refractivity contribution >= 4 is 5.97 Å². The predicted molar refractivity (Wildman–Crippen MR) is 86.5 cm³/mol. The van der Waals surface area contributed by atoms with Crippen molar-refractivity contribution in [2.45, 2.75) is 52.6 Å². The largest absolute Gasteiger partial charge is 0.465 e. The van der Waals surface area contributed by atoms with E-state index in [0.717, 1.165) is 39.3 Å². The highest BCUT2D eigenvalue weighted by atomic mass is 16.5. The highest BCUT2D eigenvalue weighted by Crippen LogP contribution is 2.19. The van der Waals surface area contributed by atoms with Gasteiger partial charge in [-0.25, -0.2) is 0 Å². The molecule has 5 nitrogen and oxygen atoms in total. The number of likely N-dealkylation sites (tertiary alicyclic amines) is 1. The summed E-state index contributed by atoms with van der Waals surface area (Å²) >= 11 is 0. The van der Waals surface area contributed by atoms with Gasteiger partial charge in [0.2, 0.25) is 0 Å². The summed E-state index contributed by atoms with van der Waals surface area (Å²) in [6, 6.07) is 0.619. The first-order valence-corrected chi connectivity index (χ1v) is 8.39. The summed E-state index contributed by atoms with van der Waals surface area (Å²) in [6.45, 7) is 16.5. The lowest BCUT2D eigenvalue weighted by atomic mass is 10.0. The summed E-state index contributed by atoms with van der Waals surface area (Å²) in [4.78, 5) is 17.1. The van der Waals surface area contributed by atoms with Gasteiger partial charge in [0.05, 0.1) is 6.61 Å². The molecule has 0 radical (unpaired) electrons. The standard InChI is InChI=1S/C16H33N3O2/c1-6-17-16(5,15(20)21-9-4)13-18-11-10-14(12-18)19(7-2)8-3/h14,17H,6-13H2,1-5H3. The fourth-order valence-electron chi connectivity index (χ4n) is 3.31. The van der Waals surface area contributed by atoms with Crippen LogP contribution >= 0.6 is 0 Å². The van der Waals surface area contributed by atoms with Gasteiger partial charge in [-0.2, -0.15) is 0 Å². The van der Waals surface area contributed by atoms with E-state index in [1.165, 1.54) is 6.42 Å². The maximum atomic E-state index is 12.2. The quantitative estimate of drug-likeness (QED) is 0.651. The van der Waals surface area contributed by atoms with E-state index in [4.69, 9.17) is 4.74 Å². The molecule has 1 aliphatic rings. The molecule has 0 aromatic rings. The molecule has 1 fully saturated rings. The Morgan fingerprint density at radius 3 is 2.52 bits per heavy atom. The van der Waals surface area contributed by atoms with Crippen molar-refractivity contribution in [3.63, 3.8) is 0 Å². The van der Waals surface area contributed by atoms with Crippen LogP contribution in [-0.4, -0.2) is 73.2 Å². The van der Waals surface area contributed by atoms with E-state index < -0.39 is 5.54 Å². The number of likely N-dealkylation sites (N-methyl/N-ethyl adjacent to an activating group) is 2. The van der Waals surface area contributed by atoms with Crippen LogP contribution in [-0.2, 0) is 9.53 Å². The van der Waals surface area contributed by atoms with Crippen LogP contribution in [0.5, 0.6) is 0 Å². The molecule has 2 atom stereocenters. The van der Waals surface area contributed by atoms with Crippen LogP contribution in [0.15, 0.2) is 0 Å². The van der Waals surface area contributed by atoms with E-state index in [1.54, 1.807) is 0 Å². The van der Waals surface area contributed by atoms with E-state index in [9.17, 15) is 4.79 Å². The second-order valence-electron chi connectivity index (χ2n) is 5.98. The first-order chi connectivity index (χ1) is 10.0. The van der Waals surface area contributed by atoms with Crippen molar-refractivity contribution in [3.8, 4) is 0 Å². The smallest absolute Gasteiger partial charge is 0.327 e. The molecule has 0 saturated carbocycles. The maximum Gasteiger partial charge on any atom is 0.327 e. The highest BCUT2D eigenvalue weighted by Gasteiger charge is 2.38. The van der Waals surface area contributed by atoms with Gasteiger partial charge in [-0.3, -0.25) is 14.6 Å². The average molecular weight is 299 g/mol. The Morgan fingerprint density at radius 2 is 2.00 bits per heavy atom. The Morgan fingerprint density at radius 1 is 1.33 bits per heavy atom. The van der Waals surface area contributed by atoms with Crippen LogP contribution in [0.3, 0.4) is 0 Å². The summed E-state index contributed by atoms with van der Waals surface area (Å²) in [7, 11) is 0. The molecule has 2 unspecified atom stereocenters. The zero-order chi connectivity index (χ0) is 15.9. The highest BCUT2D eigenvalue weighted by molar-refractivity contribution is 5.80. The maximum absolute atomic E-state index is 12.2. The van der Waals surface area contributed by atoms with E-state index in [-0.39, 0.29) is 5.97 Å². The zero-order valence-electron chi connectivity index (χ0n) is 14.4. The lowest BCUT2D eigenvalue weighted by Gasteiger charge is -2.33. The molecule has 0 aromatic heterocycles. The summed E-state index contributed by atoms with van der Waals surface area (Å²) in [6.07, 6.45) is 1.19. The second-order valence-corrected chi connectivity index (χ2v) is 5.98. The zero-order valence-corrected chi connectivity index (χ0v) is 14.4. The number of rotatable bonds is 9. The van der Waals surface area contributed by atoms with Gasteiger partial charge in [-0.05, 0) is 46.4 Å². The van der Waals surface area contributed by atoms with Gasteiger partial charge in [0, 0.05) is 19.1 Å². The second kappa shape index (κ2) is 8.71. The van der Waals surface area contributed by atoms with Gasteiger partial charge >= 0.3 is 5.97 Å². The Labute approximate surface area is 130 Å². The molecule has 21 heavy (non-hydrogen) atoms. The van der Waals surface area contributed by atoms with Gasteiger partial charge < -0.3 is 10.1 Å². The molecule has 1 rings (SSSR count). The first-order valence-electron chi connectivity index (χ1n) is 8.39. The monoisotopic (exact) mass is 299 g/mol. The Bertz CT molecular complexity index is 321. The van der Waals surface area contributed by atoms with E-state index in [0.29, 0.717) is 12.6 Å². The van der Waals surface area contributed by atoms with E-state index in [1.807, 2.05) is 20.8 Å². The number of nitrogens with one attached hydrogen (secondary N) is 1. The summed E-state index contributed by atoms with van der Waals surface area (Å²) in [5, 5.41) is 3.31. The molecule has 1 N–H and O–H groups in total. The van der Waals surface area contributed by atoms with Crippen molar-refractivity contribution < 1.29 is 9.53 Å². The van der Waals surface area contributed by atoms with Gasteiger partial charge in [0.15, 0.2) is 0 Å². The Kier molecular flexibility index (Phi) is 7.63. The van der Waals surface area contributed by atoms with Crippen LogP contribution < -0.4 is 5.32 Å². The van der Waals surface area contributed by atoms with Crippen molar-refractivity contribution in [2.24, 2.45) is 0 Å². The number of ether oxygens (including phenoxy) is 1. The van der Waals surface area contributed by atoms with Crippen molar-refractivity contribution in [2.75, 3.05) is 45.9 Å². The molecule has 0 aromatic carbocycles. The third-order valence-corrected chi connectivity index (χ3v) is 4.41. The number of hydrogen-bond donors (Lipinski definition) is 1. The molecule has 5 heteroatoms. The third-order valence-electron chi connectivity index (χ3n) is 4.41. The molecule has 1 aliphatic heterocycles. The fraction of sp³-hybridized carbons (Fsp3) is 0.938. The summed E-state index contributed by atoms with van der Waals surface area (Å²) < 4.78 is 5.25. The summed E-state index contributed by atoms with van der Waals surface area (Å²) in [5.74, 6) is -0.141. The fourth-order valence-corrected chi connectivity index (χ4v) is 3.31.